The summed E-state index contributed by atoms with van der Waals surface area (Å²) in [5, 5.41) is -0.156. The van der Waals surface area contributed by atoms with Gasteiger partial charge in [-0.1, -0.05) is 46.9 Å². The molecule has 0 N–H and O–H groups in total. The monoisotopic (exact) mass is 437 g/mol. The third-order valence-electron chi connectivity index (χ3n) is 3.42. The van der Waals surface area contributed by atoms with Crippen molar-refractivity contribution in [2.45, 2.75) is 4.90 Å². The number of anilines is 1. The van der Waals surface area contributed by atoms with Gasteiger partial charge in [0.15, 0.2) is 0 Å². The molecule has 2 aromatic carbocycles. The molecule has 0 aliphatic rings. The predicted molar refractivity (Wildman–Crippen MR) is 101 cm³/mol. The molecule has 0 aliphatic heterocycles. The van der Waals surface area contributed by atoms with Gasteiger partial charge in [-0.3, -0.25) is 9.10 Å². The number of benzene rings is 2. The van der Waals surface area contributed by atoms with E-state index in [4.69, 9.17) is 39.5 Å². The smallest absolute Gasteiger partial charge is 0.326 e. The van der Waals surface area contributed by atoms with Crippen molar-refractivity contribution in [3.05, 3.63) is 51.5 Å². The van der Waals surface area contributed by atoms with Gasteiger partial charge in [0.25, 0.3) is 10.0 Å². The van der Waals surface area contributed by atoms with Crippen LogP contribution in [0.4, 0.5) is 5.69 Å². The molecule has 0 atom stereocenters. The Hall–Kier alpha value is -1.67. The largest absolute Gasteiger partial charge is 0.495 e. The molecule has 0 aliphatic carbocycles. The Morgan fingerprint density at radius 2 is 1.69 bits per heavy atom. The molecule has 0 aromatic heterocycles. The van der Waals surface area contributed by atoms with E-state index in [-0.39, 0.29) is 31.4 Å². The van der Waals surface area contributed by atoms with E-state index in [1.54, 1.807) is 12.1 Å². The molecule has 0 saturated heterocycles. The van der Waals surface area contributed by atoms with Crippen LogP contribution in [0.3, 0.4) is 0 Å². The maximum absolute atomic E-state index is 13.2. The topological polar surface area (TPSA) is 72.9 Å². The molecular weight excluding hydrogens is 425 g/mol. The second kappa shape index (κ2) is 8.35. The molecule has 0 radical (unpaired) electrons. The first-order valence-corrected chi connectivity index (χ1v) is 9.67. The fourth-order valence-electron chi connectivity index (χ4n) is 2.13. The van der Waals surface area contributed by atoms with Crippen molar-refractivity contribution in [1.29, 1.82) is 0 Å². The Bertz CT molecular complexity index is 933. The van der Waals surface area contributed by atoms with Gasteiger partial charge in [-0.15, -0.1) is 0 Å². The number of methoxy groups -OCH3 is 2. The van der Waals surface area contributed by atoms with Crippen LogP contribution in [-0.4, -0.2) is 35.2 Å². The highest BCUT2D eigenvalue weighted by Gasteiger charge is 2.32. The zero-order chi connectivity index (χ0) is 19.5. The molecule has 0 spiro atoms. The summed E-state index contributed by atoms with van der Waals surface area (Å²) in [6.07, 6.45) is 0. The minimum absolute atomic E-state index is 0.0626. The van der Waals surface area contributed by atoms with Crippen LogP contribution in [0, 0.1) is 0 Å². The van der Waals surface area contributed by atoms with E-state index in [1.807, 2.05) is 0 Å². The molecule has 0 amide bonds. The maximum atomic E-state index is 13.2. The van der Waals surface area contributed by atoms with Crippen LogP contribution in [0.25, 0.3) is 0 Å². The highest BCUT2D eigenvalue weighted by molar-refractivity contribution is 7.93. The quantitative estimate of drug-likeness (QED) is 0.637. The normalized spacial score (nSPS) is 11.1. The van der Waals surface area contributed by atoms with Crippen molar-refractivity contribution in [3.63, 3.8) is 0 Å². The Kier molecular flexibility index (Phi) is 6.63. The Morgan fingerprint density at radius 3 is 2.27 bits per heavy atom. The van der Waals surface area contributed by atoms with Gasteiger partial charge < -0.3 is 9.47 Å². The van der Waals surface area contributed by atoms with E-state index in [0.29, 0.717) is 0 Å². The van der Waals surface area contributed by atoms with Gasteiger partial charge in [0, 0.05) is 0 Å². The van der Waals surface area contributed by atoms with Crippen molar-refractivity contribution >= 4 is 56.5 Å². The standard InChI is InChI=1S/C16H14Cl3NO5S/c1-24-12-7-8-13(16(19)15(12)18)26(22,23)20(9-14(21)25-2)11-6-4-3-5-10(11)17/h3-8H,9H2,1-2H3. The third-order valence-corrected chi connectivity index (χ3v) is 6.52. The van der Waals surface area contributed by atoms with E-state index in [1.165, 1.54) is 31.4 Å². The van der Waals surface area contributed by atoms with E-state index in [9.17, 15) is 13.2 Å². The highest BCUT2D eigenvalue weighted by atomic mass is 35.5. The van der Waals surface area contributed by atoms with E-state index in [2.05, 4.69) is 4.74 Å². The lowest BCUT2D eigenvalue weighted by atomic mass is 10.3. The molecule has 2 rings (SSSR count). The van der Waals surface area contributed by atoms with Gasteiger partial charge >= 0.3 is 5.97 Å². The van der Waals surface area contributed by atoms with Gasteiger partial charge in [0.05, 0.1) is 30.0 Å². The Morgan fingerprint density at radius 1 is 1.04 bits per heavy atom. The first-order chi connectivity index (χ1) is 12.2. The number of carbonyl (C=O) groups excluding carboxylic acids is 1. The molecule has 0 heterocycles. The van der Waals surface area contributed by atoms with Gasteiger partial charge in [0.1, 0.15) is 22.2 Å². The Balaban J connectivity index is 2.65. The van der Waals surface area contributed by atoms with Crippen LogP contribution in [0.1, 0.15) is 0 Å². The minimum Gasteiger partial charge on any atom is -0.495 e. The van der Waals surface area contributed by atoms with Crippen LogP contribution in [0.2, 0.25) is 15.1 Å². The van der Waals surface area contributed by atoms with Crippen LogP contribution >= 0.6 is 34.8 Å². The summed E-state index contributed by atoms with van der Waals surface area (Å²) < 4.78 is 36.8. The number of esters is 1. The van der Waals surface area contributed by atoms with Crippen molar-refractivity contribution in [2.75, 3.05) is 25.1 Å². The summed E-state index contributed by atoms with van der Waals surface area (Å²) in [7, 11) is -1.76. The number of carbonyl (C=O) groups is 1. The first kappa shape index (κ1) is 20.6. The number of para-hydroxylation sites is 1. The molecule has 0 fully saturated rings. The number of halogens is 3. The maximum Gasteiger partial charge on any atom is 0.326 e. The van der Waals surface area contributed by atoms with Gasteiger partial charge in [-0.05, 0) is 24.3 Å². The second-order valence-corrected chi connectivity index (χ2v) is 7.93. The molecule has 2 aromatic rings. The SMILES string of the molecule is COC(=O)CN(c1ccccc1Cl)S(=O)(=O)c1ccc(OC)c(Cl)c1Cl. The van der Waals surface area contributed by atoms with E-state index < -0.39 is 22.5 Å². The van der Waals surface area contributed by atoms with Gasteiger partial charge in [-0.25, -0.2) is 8.42 Å². The number of sulfonamides is 1. The summed E-state index contributed by atoms with van der Waals surface area (Å²) in [5.74, 6) is -0.558. The third kappa shape index (κ3) is 4.01. The average Bonchev–Trinajstić information content (AvgIpc) is 2.62. The van der Waals surface area contributed by atoms with Crippen LogP contribution in [0.15, 0.2) is 41.3 Å². The summed E-state index contributed by atoms with van der Waals surface area (Å²) in [6, 6.07) is 8.78. The predicted octanol–water partition coefficient (Wildman–Crippen LogP) is 4.02. The Labute approximate surface area is 166 Å². The molecule has 0 saturated carbocycles. The minimum atomic E-state index is -4.28. The molecule has 140 valence electrons. The summed E-state index contributed by atoms with van der Waals surface area (Å²) in [4.78, 5) is 11.5. The molecule has 26 heavy (non-hydrogen) atoms. The van der Waals surface area contributed by atoms with E-state index >= 15 is 0 Å². The van der Waals surface area contributed by atoms with Crippen molar-refractivity contribution in [1.82, 2.24) is 0 Å². The first-order valence-electron chi connectivity index (χ1n) is 7.10. The van der Waals surface area contributed by atoms with Crippen molar-refractivity contribution < 1.29 is 22.7 Å². The average molecular weight is 439 g/mol. The number of hydrogen-bond acceptors (Lipinski definition) is 5. The number of rotatable bonds is 6. The highest BCUT2D eigenvalue weighted by Crippen LogP contribution is 2.39. The number of ether oxygens (including phenoxy) is 2. The van der Waals surface area contributed by atoms with Crippen LogP contribution in [0.5, 0.6) is 5.75 Å². The lowest BCUT2D eigenvalue weighted by Gasteiger charge is -2.25. The van der Waals surface area contributed by atoms with Gasteiger partial charge in [0.2, 0.25) is 0 Å². The summed E-state index contributed by atoms with van der Waals surface area (Å²) >= 11 is 18.3. The molecule has 0 unspecified atom stereocenters. The van der Waals surface area contributed by atoms with E-state index in [0.717, 1.165) is 11.4 Å². The van der Waals surface area contributed by atoms with Crippen LogP contribution < -0.4 is 9.04 Å². The second-order valence-electron chi connectivity index (χ2n) is 4.93. The zero-order valence-electron chi connectivity index (χ0n) is 13.7. The van der Waals surface area contributed by atoms with Crippen LogP contribution in [-0.2, 0) is 19.6 Å². The fourth-order valence-corrected chi connectivity index (χ4v) is 4.66. The molecular formula is C16H14Cl3NO5S. The molecule has 10 heteroatoms. The summed E-state index contributed by atoms with van der Waals surface area (Å²) in [5.41, 5.74) is 0.0996. The van der Waals surface area contributed by atoms with Crippen molar-refractivity contribution in [3.8, 4) is 5.75 Å². The lowest BCUT2D eigenvalue weighted by molar-refractivity contribution is -0.138. The fraction of sp³-hybridized carbons (Fsp3) is 0.188. The summed E-state index contributed by atoms with van der Waals surface area (Å²) in [6.45, 7) is -0.595. The number of nitrogens with zero attached hydrogens (tertiary/aromatic N) is 1. The molecule has 6 nitrogen and oxygen atoms in total. The lowest BCUT2D eigenvalue weighted by Crippen LogP contribution is -2.36. The van der Waals surface area contributed by atoms with Gasteiger partial charge in [-0.2, -0.15) is 0 Å². The molecule has 0 bridgehead atoms. The van der Waals surface area contributed by atoms with Crippen molar-refractivity contribution in [2.24, 2.45) is 0 Å². The zero-order valence-corrected chi connectivity index (χ0v) is 16.8. The number of hydrogen-bond donors (Lipinski definition) is 0.